The van der Waals surface area contributed by atoms with Gasteiger partial charge in [-0.1, -0.05) is 0 Å². The lowest BCUT2D eigenvalue weighted by molar-refractivity contribution is -0.384. The van der Waals surface area contributed by atoms with Crippen LogP contribution in [-0.4, -0.2) is 44.0 Å². The highest BCUT2D eigenvalue weighted by atomic mass is 32.2. The summed E-state index contributed by atoms with van der Waals surface area (Å²) in [6.45, 7) is 0.0335. The minimum absolute atomic E-state index is 0.0104. The third kappa shape index (κ3) is 3.02. The van der Waals surface area contributed by atoms with Crippen LogP contribution in [-0.2, 0) is 20.9 Å². The number of carbonyl (C=O) groups is 2. The van der Waals surface area contributed by atoms with E-state index in [0.29, 0.717) is 12.0 Å². The van der Waals surface area contributed by atoms with Crippen LogP contribution < -0.4 is 0 Å². The van der Waals surface area contributed by atoms with E-state index in [1.807, 2.05) is 6.26 Å². The molecule has 2 heterocycles. The SMILES string of the molecule is CS[C@@H]1S[C@@H]2CC(=O)N2[C@H]1C(=O)OCc1ccc([N+](=O)[O-])cc1. The van der Waals surface area contributed by atoms with E-state index in [1.54, 1.807) is 28.8 Å². The Hall–Kier alpha value is -1.74. The lowest BCUT2D eigenvalue weighted by Gasteiger charge is -2.36. The van der Waals surface area contributed by atoms with E-state index in [0.717, 1.165) is 0 Å². The fraction of sp³-hybridized carbons (Fsp3) is 0.429. The first kappa shape index (κ1) is 16.1. The first-order valence-corrected chi connectivity index (χ1v) is 9.13. The summed E-state index contributed by atoms with van der Waals surface area (Å²) >= 11 is 3.16. The van der Waals surface area contributed by atoms with Crippen LogP contribution >= 0.6 is 23.5 Å². The molecule has 0 N–H and O–H groups in total. The summed E-state index contributed by atoms with van der Waals surface area (Å²) in [7, 11) is 0. The van der Waals surface area contributed by atoms with Gasteiger partial charge in [-0.15, -0.1) is 23.5 Å². The van der Waals surface area contributed by atoms with Crippen LogP contribution in [0.25, 0.3) is 0 Å². The molecule has 122 valence electrons. The summed E-state index contributed by atoms with van der Waals surface area (Å²) in [4.78, 5) is 35.8. The number of fused-ring (bicyclic) bond motifs is 1. The van der Waals surface area contributed by atoms with Crippen LogP contribution in [0.1, 0.15) is 12.0 Å². The Bertz CT molecular complexity index is 651. The molecule has 3 atom stereocenters. The van der Waals surface area contributed by atoms with Gasteiger partial charge in [0.25, 0.3) is 5.69 Å². The predicted molar refractivity (Wildman–Crippen MR) is 86.8 cm³/mol. The minimum atomic E-state index is -0.556. The summed E-state index contributed by atoms with van der Waals surface area (Å²) < 4.78 is 5.30. The Morgan fingerprint density at radius 2 is 2.17 bits per heavy atom. The van der Waals surface area contributed by atoms with Crippen LogP contribution in [0.3, 0.4) is 0 Å². The third-order valence-electron chi connectivity index (χ3n) is 3.80. The van der Waals surface area contributed by atoms with Gasteiger partial charge in [-0.3, -0.25) is 14.9 Å². The van der Waals surface area contributed by atoms with E-state index < -0.39 is 16.9 Å². The second-order valence-electron chi connectivity index (χ2n) is 5.18. The number of β-lactam (4-membered cyclic amide) rings is 1. The van der Waals surface area contributed by atoms with E-state index in [9.17, 15) is 19.7 Å². The molecule has 0 aromatic heterocycles. The largest absolute Gasteiger partial charge is 0.459 e. The molecule has 0 spiro atoms. The molecule has 9 heteroatoms. The molecule has 0 saturated carbocycles. The number of thioether (sulfide) groups is 2. The molecule has 0 radical (unpaired) electrons. The first-order valence-electron chi connectivity index (χ1n) is 6.90. The normalized spacial score (nSPS) is 25.7. The number of nitro benzene ring substituents is 1. The lowest BCUT2D eigenvalue weighted by Crippen LogP contribution is -2.55. The summed E-state index contributed by atoms with van der Waals surface area (Å²) in [6, 6.07) is 5.29. The Morgan fingerprint density at radius 3 is 2.74 bits per heavy atom. The Kier molecular flexibility index (Phi) is 4.49. The van der Waals surface area contributed by atoms with Crippen molar-refractivity contribution in [2.45, 2.75) is 29.0 Å². The summed E-state index contributed by atoms with van der Waals surface area (Å²) in [5.41, 5.74) is 0.658. The van der Waals surface area contributed by atoms with Crippen molar-refractivity contribution in [1.82, 2.24) is 4.90 Å². The van der Waals surface area contributed by atoms with Gasteiger partial charge in [0.1, 0.15) is 6.61 Å². The maximum atomic E-state index is 12.3. The van der Waals surface area contributed by atoms with Gasteiger partial charge in [-0.05, 0) is 24.0 Å². The van der Waals surface area contributed by atoms with Crippen LogP contribution in [0.4, 0.5) is 5.69 Å². The maximum absolute atomic E-state index is 12.3. The van der Waals surface area contributed by atoms with Crippen molar-refractivity contribution in [3.8, 4) is 0 Å². The molecule has 1 aromatic rings. The van der Waals surface area contributed by atoms with Gasteiger partial charge >= 0.3 is 5.97 Å². The van der Waals surface area contributed by atoms with Gasteiger partial charge in [-0.2, -0.15) is 0 Å². The quantitative estimate of drug-likeness (QED) is 0.346. The topological polar surface area (TPSA) is 89.8 Å². The molecule has 0 aliphatic carbocycles. The van der Waals surface area contributed by atoms with E-state index in [2.05, 4.69) is 0 Å². The molecule has 1 amide bonds. The standard InChI is InChI=1S/C14H14N2O5S2/c1-22-14-12(15-10(17)6-11(15)23-14)13(18)21-7-8-2-4-9(5-3-8)16(19)20/h2-5,11-12,14H,6-7H2,1H3/t11-,12+,14-/m1/s1. The molecule has 2 fully saturated rings. The number of esters is 1. The van der Waals surface area contributed by atoms with Gasteiger partial charge < -0.3 is 9.64 Å². The third-order valence-corrected chi connectivity index (χ3v) is 6.67. The lowest BCUT2D eigenvalue weighted by atomic mass is 10.1. The molecular weight excluding hydrogens is 340 g/mol. The van der Waals surface area contributed by atoms with Crippen molar-refractivity contribution in [2.75, 3.05) is 6.26 Å². The number of hydrogen-bond acceptors (Lipinski definition) is 7. The van der Waals surface area contributed by atoms with Crippen LogP contribution in [0.2, 0.25) is 0 Å². The van der Waals surface area contributed by atoms with Gasteiger partial charge in [0, 0.05) is 12.1 Å². The number of amides is 1. The Labute approximate surface area is 140 Å². The van der Waals surface area contributed by atoms with Crippen molar-refractivity contribution in [3.05, 3.63) is 39.9 Å². The van der Waals surface area contributed by atoms with E-state index in [4.69, 9.17) is 4.74 Å². The van der Waals surface area contributed by atoms with Crippen molar-refractivity contribution < 1.29 is 19.2 Å². The number of non-ortho nitro benzene ring substituents is 1. The van der Waals surface area contributed by atoms with Crippen molar-refractivity contribution in [3.63, 3.8) is 0 Å². The predicted octanol–water partition coefficient (Wildman–Crippen LogP) is 2.00. The minimum Gasteiger partial charge on any atom is -0.459 e. The number of carbonyl (C=O) groups excluding carboxylic acids is 2. The van der Waals surface area contributed by atoms with Crippen molar-refractivity contribution in [2.24, 2.45) is 0 Å². The molecule has 2 saturated heterocycles. The monoisotopic (exact) mass is 354 g/mol. The summed E-state index contributed by atoms with van der Waals surface area (Å²) in [6.07, 6.45) is 2.39. The number of nitro groups is 1. The average molecular weight is 354 g/mol. The highest BCUT2D eigenvalue weighted by Gasteiger charge is 2.55. The van der Waals surface area contributed by atoms with Gasteiger partial charge in [0.05, 0.1) is 21.3 Å². The zero-order valence-corrected chi connectivity index (χ0v) is 13.8. The number of ether oxygens (including phenoxy) is 1. The van der Waals surface area contributed by atoms with Crippen molar-refractivity contribution in [1.29, 1.82) is 0 Å². The van der Waals surface area contributed by atoms with Crippen LogP contribution in [0.15, 0.2) is 24.3 Å². The Balaban J connectivity index is 1.62. The molecule has 7 nitrogen and oxygen atoms in total. The number of benzene rings is 1. The van der Waals surface area contributed by atoms with Crippen LogP contribution in [0.5, 0.6) is 0 Å². The van der Waals surface area contributed by atoms with E-state index in [-0.39, 0.29) is 28.2 Å². The second kappa shape index (κ2) is 6.40. The maximum Gasteiger partial charge on any atom is 0.331 e. The molecule has 23 heavy (non-hydrogen) atoms. The highest BCUT2D eigenvalue weighted by Crippen LogP contribution is 2.48. The highest BCUT2D eigenvalue weighted by molar-refractivity contribution is 8.17. The molecule has 2 aliphatic heterocycles. The molecule has 1 aromatic carbocycles. The number of nitrogens with zero attached hydrogens (tertiary/aromatic N) is 2. The number of hydrogen-bond donors (Lipinski definition) is 0. The average Bonchev–Trinajstić information content (AvgIpc) is 2.85. The van der Waals surface area contributed by atoms with Crippen molar-refractivity contribution >= 4 is 41.1 Å². The first-order chi connectivity index (χ1) is 11.0. The summed E-state index contributed by atoms with van der Waals surface area (Å²) in [5, 5.41) is 10.7. The molecular formula is C14H14N2O5S2. The number of rotatable bonds is 5. The van der Waals surface area contributed by atoms with Gasteiger partial charge in [0.15, 0.2) is 6.04 Å². The van der Waals surface area contributed by atoms with E-state index in [1.165, 1.54) is 23.9 Å². The zero-order valence-electron chi connectivity index (χ0n) is 12.2. The molecule has 0 bridgehead atoms. The molecule has 3 rings (SSSR count). The summed E-state index contributed by atoms with van der Waals surface area (Å²) in [5.74, 6) is -0.443. The molecule has 0 unspecified atom stereocenters. The second-order valence-corrected chi connectivity index (χ2v) is 7.78. The van der Waals surface area contributed by atoms with Crippen LogP contribution in [0, 0.1) is 10.1 Å². The smallest absolute Gasteiger partial charge is 0.331 e. The van der Waals surface area contributed by atoms with Gasteiger partial charge in [-0.25, -0.2) is 4.79 Å². The fourth-order valence-corrected chi connectivity index (χ4v) is 5.22. The van der Waals surface area contributed by atoms with Gasteiger partial charge in [0.2, 0.25) is 5.91 Å². The van der Waals surface area contributed by atoms with E-state index >= 15 is 0 Å². The fourth-order valence-electron chi connectivity index (χ4n) is 2.57. The Morgan fingerprint density at radius 1 is 1.48 bits per heavy atom. The zero-order chi connectivity index (χ0) is 16.6. The molecule has 2 aliphatic rings.